The Balaban J connectivity index is 2.13. The summed E-state index contributed by atoms with van der Waals surface area (Å²) >= 11 is 5.83. The van der Waals surface area contributed by atoms with E-state index in [1.165, 1.54) is 5.56 Å². The summed E-state index contributed by atoms with van der Waals surface area (Å²) < 4.78 is 5.74. The third-order valence-corrected chi connectivity index (χ3v) is 3.02. The Bertz CT molecular complexity index is 506. The van der Waals surface area contributed by atoms with Gasteiger partial charge in [-0.15, -0.1) is 0 Å². The predicted molar refractivity (Wildman–Crippen MR) is 76.7 cm³/mol. The lowest BCUT2D eigenvalue weighted by atomic mass is 9.87. The van der Waals surface area contributed by atoms with Crippen LogP contribution in [0.1, 0.15) is 26.3 Å². The van der Waals surface area contributed by atoms with E-state index in [0.717, 1.165) is 11.5 Å². The van der Waals surface area contributed by atoms with Crippen LogP contribution in [-0.4, -0.2) is 0 Å². The maximum atomic E-state index is 5.83. The topological polar surface area (TPSA) is 9.23 Å². The summed E-state index contributed by atoms with van der Waals surface area (Å²) in [6, 6.07) is 15.6. The molecule has 0 amide bonds. The summed E-state index contributed by atoms with van der Waals surface area (Å²) in [4.78, 5) is 0. The van der Waals surface area contributed by atoms with Gasteiger partial charge in [0.05, 0.1) is 0 Å². The van der Waals surface area contributed by atoms with Crippen molar-refractivity contribution in [3.05, 3.63) is 59.1 Å². The Kier molecular flexibility index (Phi) is 3.63. The second-order valence-electron chi connectivity index (χ2n) is 5.33. The van der Waals surface area contributed by atoms with Gasteiger partial charge in [-0.2, -0.15) is 0 Å². The van der Waals surface area contributed by atoms with Crippen LogP contribution >= 0.6 is 11.6 Å². The van der Waals surface area contributed by atoms with Crippen LogP contribution in [0.2, 0.25) is 5.02 Å². The zero-order chi connectivity index (χ0) is 13.2. The van der Waals surface area contributed by atoms with E-state index >= 15 is 0 Å². The molecular formula is C16H17ClO. The zero-order valence-corrected chi connectivity index (χ0v) is 11.7. The van der Waals surface area contributed by atoms with Crippen molar-refractivity contribution >= 4 is 11.6 Å². The van der Waals surface area contributed by atoms with Gasteiger partial charge in [0.25, 0.3) is 0 Å². The molecular weight excluding hydrogens is 244 g/mol. The van der Waals surface area contributed by atoms with Crippen LogP contribution in [0.5, 0.6) is 11.5 Å². The van der Waals surface area contributed by atoms with Crippen LogP contribution in [-0.2, 0) is 5.41 Å². The Morgan fingerprint density at radius 3 is 1.67 bits per heavy atom. The maximum absolute atomic E-state index is 5.83. The minimum absolute atomic E-state index is 0.165. The molecule has 0 heterocycles. The van der Waals surface area contributed by atoms with Crippen molar-refractivity contribution in [2.45, 2.75) is 26.2 Å². The van der Waals surface area contributed by atoms with E-state index in [1.54, 1.807) is 0 Å². The molecule has 0 N–H and O–H groups in total. The molecule has 0 aliphatic heterocycles. The molecule has 2 aromatic rings. The lowest BCUT2D eigenvalue weighted by Crippen LogP contribution is -2.10. The second kappa shape index (κ2) is 5.03. The first-order valence-corrected chi connectivity index (χ1v) is 6.37. The van der Waals surface area contributed by atoms with E-state index < -0.39 is 0 Å². The van der Waals surface area contributed by atoms with Gasteiger partial charge < -0.3 is 4.74 Å². The molecule has 0 aromatic heterocycles. The van der Waals surface area contributed by atoms with Crippen molar-refractivity contribution in [3.63, 3.8) is 0 Å². The molecule has 18 heavy (non-hydrogen) atoms. The lowest BCUT2D eigenvalue weighted by molar-refractivity contribution is 0.481. The van der Waals surface area contributed by atoms with Crippen LogP contribution in [0.25, 0.3) is 0 Å². The van der Waals surface area contributed by atoms with Gasteiger partial charge in [-0.1, -0.05) is 44.5 Å². The Morgan fingerprint density at radius 2 is 1.22 bits per heavy atom. The summed E-state index contributed by atoms with van der Waals surface area (Å²) in [6.07, 6.45) is 0. The first kappa shape index (κ1) is 13.0. The molecule has 0 unspecified atom stereocenters. The van der Waals surface area contributed by atoms with Crippen LogP contribution in [0, 0.1) is 0 Å². The van der Waals surface area contributed by atoms with Crippen molar-refractivity contribution in [1.82, 2.24) is 0 Å². The Hall–Kier alpha value is -1.47. The fourth-order valence-corrected chi connectivity index (χ4v) is 1.79. The molecule has 0 fully saturated rings. The highest BCUT2D eigenvalue weighted by atomic mass is 35.5. The molecule has 2 rings (SSSR count). The standard InChI is InChI=1S/C16H17ClO/c1-16(2,3)12-4-8-14(9-5-12)18-15-10-6-13(17)7-11-15/h4-11H,1-3H3. The molecule has 0 atom stereocenters. The van der Waals surface area contributed by atoms with Gasteiger partial charge in [0.2, 0.25) is 0 Å². The van der Waals surface area contributed by atoms with Gasteiger partial charge in [-0.25, -0.2) is 0 Å². The van der Waals surface area contributed by atoms with E-state index in [1.807, 2.05) is 36.4 Å². The number of hydrogen-bond donors (Lipinski definition) is 0. The fourth-order valence-electron chi connectivity index (χ4n) is 1.66. The molecule has 0 radical (unpaired) electrons. The average Bonchev–Trinajstić information content (AvgIpc) is 2.32. The van der Waals surface area contributed by atoms with E-state index in [-0.39, 0.29) is 5.41 Å². The number of rotatable bonds is 2. The molecule has 1 nitrogen and oxygen atoms in total. The van der Waals surface area contributed by atoms with Gasteiger partial charge >= 0.3 is 0 Å². The minimum atomic E-state index is 0.165. The summed E-state index contributed by atoms with van der Waals surface area (Å²) in [5, 5.41) is 0.713. The monoisotopic (exact) mass is 260 g/mol. The van der Waals surface area contributed by atoms with Crippen molar-refractivity contribution < 1.29 is 4.74 Å². The molecule has 0 spiro atoms. The highest BCUT2D eigenvalue weighted by Crippen LogP contribution is 2.27. The highest BCUT2D eigenvalue weighted by Gasteiger charge is 2.12. The van der Waals surface area contributed by atoms with Crippen LogP contribution < -0.4 is 4.74 Å². The lowest BCUT2D eigenvalue weighted by Gasteiger charge is -2.19. The average molecular weight is 261 g/mol. The highest BCUT2D eigenvalue weighted by molar-refractivity contribution is 6.30. The summed E-state index contributed by atoms with van der Waals surface area (Å²) in [7, 11) is 0. The first-order chi connectivity index (χ1) is 8.45. The molecule has 0 saturated carbocycles. The number of halogens is 1. The molecule has 0 aliphatic rings. The third kappa shape index (κ3) is 3.27. The van der Waals surface area contributed by atoms with E-state index in [2.05, 4.69) is 32.9 Å². The molecule has 2 aromatic carbocycles. The Labute approximate surface area is 113 Å². The smallest absolute Gasteiger partial charge is 0.127 e. The maximum Gasteiger partial charge on any atom is 0.127 e. The SMILES string of the molecule is CC(C)(C)c1ccc(Oc2ccc(Cl)cc2)cc1. The molecule has 0 saturated heterocycles. The van der Waals surface area contributed by atoms with Crippen molar-refractivity contribution in [2.24, 2.45) is 0 Å². The molecule has 2 heteroatoms. The first-order valence-electron chi connectivity index (χ1n) is 5.99. The normalized spacial score (nSPS) is 11.3. The van der Waals surface area contributed by atoms with Crippen LogP contribution in [0.3, 0.4) is 0 Å². The number of hydrogen-bond acceptors (Lipinski definition) is 1. The van der Waals surface area contributed by atoms with E-state index in [4.69, 9.17) is 16.3 Å². The molecule has 0 bridgehead atoms. The van der Waals surface area contributed by atoms with Gasteiger partial charge in [0, 0.05) is 5.02 Å². The van der Waals surface area contributed by atoms with Gasteiger partial charge in [0.15, 0.2) is 0 Å². The predicted octanol–water partition coefficient (Wildman–Crippen LogP) is 5.43. The van der Waals surface area contributed by atoms with Crippen LogP contribution in [0.15, 0.2) is 48.5 Å². The van der Waals surface area contributed by atoms with Crippen molar-refractivity contribution in [2.75, 3.05) is 0 Å². The fraction of sp³-hybridized carbons (Fsp3) is 0.250. The van der Waals surface area contributed by atoms with Gasteiger partial charge in [0.1, 0.15) is 11.5 Å². The molecule has 0 aliphatic carbocycles. The third-order valence-electron chi connectivity index (χ3n) is 2.77. The summed E-state index contributed by atoms with van der Waals surface area (Å²) in [5.41, 5.74) is 1.46. The quantitative estimate of drug-likeness (QED) is 0.700. The van der Waals surface area contributed by atoms with Crippen molar-refractivity contribution in [1.29, 1.82) is 0 Å². The van der Waals surface area contributed by atoms with Gasteiger partial charge in [-0.3, -0.25) is 0 Å². The van der Waals surface area contributed by atoms with Crippen molar-refractivity contribution in [3.8, 4) is 11.5 Å². The number of benzene rings is 2. The summed E-state index contributed by atoms with van der Waals surface area (Å²) in [5.74, 6) is 1.63. The minimum Gasteiger partial charge on any atom is -0.457 e. The van der Waals surface area contributed by atoms with E-state index in [9.17, 15) is 0 Å². The van der Waals surface area contributed by atoms with Crippen LogP contribution in [0.4, 0.5) is 0 Å². The largest absolute Gasteiger partial charge is 0.457 e. The molecule has 94 valence electrons. The summed E-state index contributed by atoms with van der Waals surface area (Å²) in [6.45, 7) is 6.59. The zero-order valence-electron chi connectivity index (χ0n) is 10.9. The Morgan fingerprint density at radius 1 is 0.778 bits per heavy atom. The van der Waals surface area contributed by atoms with E-state index in [0.29, 0.717) is 5.02 Å². The van der Waals surface area contributed by atoms with Gasteiger partial charge in [-0.05, 0) is 47.4 Å². The number of ether oxygens (including phenoxy) is 1. The second-order valence-corrected chi connectivity index (χ2v) is 5.77.